The van der Waals surface area contributed by atoms with E-state index in [1.54, 1.807) is 30.3 Å². The van der Waals surface area contributed by atoms with E-state index in [9.17, 15) is 0 Å². The quantitative estimate of drug-likeness (QED) is 0.710. The van der Waals surface area contributed by atoms with Crippen LogP contribution in [0.5, 0.6) is 11.5 Å². The van der Waals surface area contributed by atoms with Gasteiger partial charge in [0.1, 0.15) is 11.5 Å². The maximum atomic E-state index is 9.11. The molecule has 1 aliphatic rings. The van der Waals surface area contributed by atoms with Gasteiger partial charge >= 0.3 is 0 Å². The van der Waals surface area contributed by atoms with Crippen LogP contribution in [0.25, 0.3) is 0 Å². The number of benzene rings is 2. The van der Waals surface area contributed by atoms with E-state index < -0.39 is 0 Å². The molecule has 2 N–H and O–H groups in total. The Hall–Kier alpha value is -1.96. The van der Waals surface area contributed by atoms with E-state index in [1.807, 2.05) is 31.2 Å². The van der Waals surface area contributed by atoms with Gasteiger partial charge in [0.25, 0.3) is 0 Å². The molecule has 2 aromatic rings. The first-order valence-corrected chi connectivity index (χ1v) is 8.25. The lowest BCUT2D eigenvalue weighted by Crippen LogP contribution is -1.85. The average molecular weight is 300 g/mol. The predicted octanol–water partition coefficient (Wildman–Crippen LogP) is 5.69. The van der Waals surface area contributed by atoms with Crippen molar-refractivity contribution in [3.8, 4) is 11.5 Å². The lowest BCUT2D eigenvalue weighted by molar-refractivity contribution is 0.469. The highest BCUT2D eigenvalue weighted by atomic mass is 16.3. The van der Waals surface area contributed by atoms with Crippen molar-refractivity contribution in [2.75, 3.05) is 0 Å². The van der Waals surface area contributed by atoms with Gasteiger partial charge in [0, 0.05) is 0 Å². The summed E-state index contributed by atoms with van der Waals surface area (Å²) in [5, 5.41) is 17.7. The van der Waals surface area contributed by atoms with Crippen molar-refractivity contribution in [2.24, 2.45) is 0 Å². The average Bonchev–Trinajstić information content (AvgIpc) is 2.59. The number of hydrogen-bond acceptors (Lipinski definition) is 2. The molecule has 120 valence electrons. The second-order valence-corrected chi connectivity index (χ2v) is 5.44. The van der Waals surface area contributed by atoms with Gasteiger partial charge in [-0.3, -0.25) is 0 Å². The smallest absolute Gasteiger partial charge is 0.118 e. The lowest BCUT2D eigenvalue weighted by atomic mass is 10.0. The molecule has 2 nitrogen and oxygen atoms in total. The van der Waals surface area contributed by atoms with Crippen LogP contribution < -0.4 is 0 Å². The number of aryl methyl sites for hydroxylation is 1. The fraction of sp³-hybridized carbons (Fsp3) is 0.400. The monoisotopic (exact) mass is 300 g/mol. The zero-order valence-corrected chi connectivity index (χ0v) is 13.5. The van der Waals surface area contributed by atoms with Gasteiger partial charge in [0.15, 0.2) is 0 Å². The molecule has 22 heavy (non-hydrogen) atoms. The first-order chi connectivity index (χ1) is 10.7. The summed E-state index contributed by atoms with van der Waals surface area (Å²) in [5.41, 5.74) is 1.01. The van der Waals surface area contributed by atoms with Gasteiger partial charge in [-0.25, -0.2) is 0 Å². The summed E-state index contributed by atoms with van der Waals surface area (Å²) in [6, 6.07) is 16.1. The standard InChI is InChI=1S/C8H10O.C6H6O.C6H12/c1-2-7-5-3-4-6-8(7)9;7-6-4-2-1-3-5-6;1-2-4-6-5-3-1/h3-6,9H,2H2,1H3;1-5,7H;1-6H2. The van der Waals surface area contributed by atoms with Gasteiger partial charge in [-0.15, -0.1) is 0 Å². The molecule has 0 saturated heterocycles. The van der Waals surface area contributed by atoms with Crippen molar-refractivity contribution in [3.63, 3.8) is 0 Å². The number of phenolic OH excluding ortho intramolecular Hbond substituents is 2. The van der Waals surface area contributed by atoms with Crippen molar-refractivity contribution in [3.05, 3.63) is 60.2 Å². The van der Waals surface area contributed by atoms with Gasteiger partial charge in [0.2, 0.25) is 0 Å². The Balaban J connectivity index is 0.000000169. The van der Waals surface area contributed by atoms with Crippen LogP contribution in [0.2, 0.25) is 0 Å². The van der Waals surface area contributed by atoms with Crippen LogP contribution in [0.4, 0.5) is 0 Å². The van der Waals surface area contributed by atoms with Crippen LogP contribution in [0.1, 0.15) is 51.0 Å². The van der Waals surface area contributed by atoms with Gasteiger partial charge in [0.05, 0.1) is 0 Å². The molecule has 1 fully saturated rings. The molecule has 0 spiro atoms. The van der Waals surface area contributed by atoms with Crippen LogP contribution in [0.3, 0.4) is 0 Å². The first kappa shape index (κ1) is 18.1. The zero-order chi connectivity index (χ0) is 16.0. The van der Waals surface area contributed by atoms with Crippen molar-refractivity contribution in [2.45, 2.75) is 51.9 Å². The van der Waals surface area contributed by atoms with E-state index in [4.69, 9.17) is 10.2 Å². The second-order valence-electron chi connectivity index (χ2n) is 5.44. The normalized spacial score (nSPS) is 13.1. The van der Waals surface area contributed by atoms with E-state index >= 15 is 0 Å². The summed E-state index contributed by atoms with van der Waals surface area (Å²) in [6.45, 7) is 2.02. The van der Waals surface area contributed by atoms with Crippen molar-refractivity contribution in [1.82, 2.24) is 0 Å². The second kappa shape index (κ2) is 11.7. The molecule has 2 aromatic carbocycles. The minimum atomic E-state index is 0.322. The summed E-state index contributed by atoms with van der Waals surface area (Å²) in [6.07, 6.45) is 9.90. The Kier molecular flexibility index (Phi) is 9.60. The zero-order valence-electron chi connectivity index (χ0n) is 13.5. The Morgan fingerprint density at radius 1 is 0.682 bits per heavy atom. The highest BCUT2D eigenvalue weighted by Crippen LogP contribution is 2.15. The van der Waals surface area contributed by atoms with E-state index in [-0.39, 0.29) is 0 Å². The Morgan fingerprint density at radius 3 is 1.45 bits per heavy atom. The van der Waals surface area contributed by atoms with E-state index in [0.717, 1.165) is 12.0 Å². The van der Waals surface area contributed by atoms with Crippen molar-refractivity contribution in [1.29, 1.82) is 0 Å². The van der Waals surface area contributed by atoms with Gasteiger partial charge in [-0.1, -0.05) is 81.8 Å². The van der Waals surface area contributed by atoms with Crippen LogP contribution >= 0.6 is 0 Å². The van der Waals surface area contributed by atoms with Gasteiger partial charge < -0.3 is 10.2 Å². The molecule has 2 heteroatoms. The fourth-order valence-electron chi connectivity index (χ4n) is 2.30. The van der Waals surface area contributed by atoms with Crippen molar-refractivity contribution >= 4 is 0 Å². The largest absolute Gasteiger partial charge is 0.508 e. The Labute approximate surface area is 134 Å². The van der Waals surface area contributed by atoms with Gasteiger partial charge in [-0.05, 0) is 30.2 Å². The summed E-state index contributed by atoms with van der Waals surface area (Å²) < 4.78 is 0. The van der Waals surface area contributed by atoms with E-state index in [0.29, 0.717) is 11.5 Å². The van der Waals surface area contributed by atoms with Crippen LogP contribution in [-0.2, 0) is 6.42 Å². The highest BCUT2D eigenvalue weighted by molar-refractivity contribution is 5.31. The molecule has 1 aliphatic carbocycles. The molecule has 0 unspecified atom stereocenters. The SMILES string of the molecule is C1CCCCC1.CCc1ccccc1O.Oc1ccccc1. The highest BCUT2D eigenvalue weighted by Gasteiger charge is 1.95. The first-order valence-electron chi connectivity index (χ1n) is 8.25. The van der Waals surface area contributed by atoms with E-state index in [1.165, 1.54) is 38.5 Å². The summed E-state index contributed by atoms with van der Waals surface area (Å²) in [5.74, 6) is 0.725. The molecule has 0 atom stereocenters. The number of rotatable bonds is 1. The van der Waals surface area contributed by atoms with Crippen LogP contribution in [0, 0.1) is 0 Å². The number of phenols is 2. The molecule has 0 aliphatic heterocycles. The maximum absolute atomic E-state index is 9.11. The summed E-state index contributed by atoms with van der Waals surface area (Å²) in [7, 11) is 0. The third kappa shape index (κ3) is 8.35. The van der Waals surface area contributed by atoms with Crippen LogP contribution in [0.15, 0.2) is 54.6 Å². The molecular formula is C20H28O2. The Bertz CT molecular complexity index is 479. The third-order valence-corrected chi connectivity index (χ3v) is 3.63. The van der Waals surface area contributed by atoms with Crippen molar-refractivity contribution < 1.29 is 10.2 Å². The molecule has 0 bridgehead atoms. The number of para-hydroxylation sites is 2. The molecule has 3 rings (SSSR count). The molecule has 1 saturated carbocycles. The number of hydrogen-bond donors (Lipinski definition) is 2. The minimum Gasteiger partial charge on any atom is -0.508 e. The molecule has 0 aromatic heterocycles. The number of aromatic hydroxyl groups is 2. The predicted molar refractivity (Wildman–Crippen MR) is 93.3 cm³/mol. The molecule has 0 radical (unpaired) electrons. The molecule has 0 heterocycles. The minimum absolute atomic E-state index is 0.322. The van der Waals surface area contributed by atoms with Gasteiger partial charge in [-0.2, -0.15) is 0 Å². The topological polar surface area (TPSA) is 40.5 Å². The van der Waals surface area contributed by atoms with Crippen LogP contribution in [-0.4, -0.2) is 10.2 Å². The maximum Gasteiger partial charge on any atom is 0.118 e. The lowest BCUT2D eigenvalue weighted by Gasteiger charge is -2.05. The third-order valence-electron chi connectivity index (χ3n) is 3.63. The summed E-state index contributed by atoms with van der Waals surface area (Å²) in [4.78, 5) is 0. The molecular weight excluding hydrogens is 272 g/mol. The van der Waals surface area contributed by atoms with E-state index in [2.05, 4.69) is 0 Å². The molecule has 0 amide bonds. The Morgan fingerprint density at radius 2 is 1.14 bits per heavy atom. The summed E-state index contributed by atoms with van der Waals surface area (Å²) >= 11 is 0. The fourth-order valence-corrected chi connectivity index (χ4v) is 2.30.